The van der Waals surface area contributed by atoms with Crippen LogP contribution >= 0.6 is 11.8 Å². The lowest BCUT2D eigenvalue weighted by atomic mass is 9.79. The van der Waals surface area contributed by atoms with Crippen LogP contribution < -0.4 is 5.32 Å². The van der Waals surface area contributed by atoms with Gasteiger partial charge < -0.3 is 14.5 Å². The zero-order chi connectivity index (χ0) is 14.7. The van der Waals surface area contributed by atoms with Gasteiger partial charge in [-0.3, -0.25) is 0 Å². The second-order valence-electron chi connectivity index (χ2n) is 6.51. The monoisotopic (exact) mass is 309 g/mol. The summed E-state index contributed by atoms with van der Waals surface area (Å²) in [6, 6.07) is 2.60. The van der Waals surface area contributed by atoms with Crippen LogP contribution in [0, 0.1) is 12.8 Å². The van der Waals surface area contributed by atoms with E-state index < -0.39 is 0 Å². The minimum atomic E-state index is 0.151. The van der Waals surface area contributed by atoms with E-state index in [1.165, 1.54) is 29.9 Å². The van der Waals surface area contributed by atoms with E-state index in [9.17, 15) is 0 Å². The molecule has 1 aromatic rings. The Labute approximate surface area is 132 Å². The van der Waals surface area contributed by atoms with Crippen LogP contribution in [0.3, 0.4) is 0 Å². The molecule has 0 radical (unpaired) electrons. The summed E-state index contributed by atoms with van der Waals surface area (Å²) in [4.78, 5) is 0. The van der Waals surface area contributed by atoms with Gasteiger partial charge in [-0.2, -0.15) is 11.8 Å². The van der Waals surface area contributed by atoms with E-state index in [1.807, 2.05) is 24.9 Å². The maximum atomic E-state index is 6.18. The number of hydrogen-bond acceptors (Lipinski definition) is 4. The first-order chi connectivity index (χ1) is 10.2. The molecule has 1 spiro atoms. The molecular weight excluding hydrogens is 282 g/mol. The summed E-state index contributed by atoms with van der Waals surface area (Å²) >= 11 is 2.05. The topological polar surface area (TPSA) is 34.4 Å². The van der Waals surface area contributed by atoms with Gasteiger partial charge in [0.05, 0.1) is 11.9 Å². The third-order valence-corrected chi connectivity index (χ3v) is 6.02. The van der Waals surface area contributed by atoms with Gasteiger partial charge in [0.1, 0.15) is 5.76 Å². The van der Waals surface area contributed by atoms with Gasteiger partial charge in [0, 0.05) is 24.0 Å². The summed E-state index contributed by atoms with van der Waals surface area (Å²) in [6.45, 7) is 6.23. The number of thioether (sulfide) groups is 1. The van der Waals surface area contributed by atoms with Crippen molar-refractivity contribution >= 4 is 11.8 Å². The Balaban J connectivity index is 1.75. The predicted octanol–water partition coefficient (Wildman–Crippen LogP) is 3.93. The lowest BCUT2D eigenvalue weighted by Gasteiger charge is -2.41. The second kappa shape index (κ2) is 6.76. The van der Waals surface area contributed by atoms with Gasteiger partial charge in [0.2, 0.25) is 0 Å². The SMILES string of the molecule is CCCNC(c1coc(C)c1)C1CCOC2(CCSC2)C1. The Morgan fingerprint density at radius 1 is 1.52 bits per heavy atom. The van der Waals surface area contributed by atoms with Gasteiger partial charge in [0.15, 0.2) is 0 Å². The largest absolute Gasteiger partial charge is 0.469 e. The molecule has 2 aliphatic heterocycles. The van der Waals surface area contributed by atoms with Crippen molar-refractivity contribution in [3.8, 4) is 0 Å². The van der Waals surface area contributed by atoms with Crippen LogP contribution in [0.2, 0.25) is 0 Å². The second-order valence-corrected chi connectivity index (χ2v) is 7.61. The van der Waals surface area contributed by atoms with Gasteiger partial charge in [-0.05, 0) is 56.9 Å². The molecule has 0 saturated carbocycles. The number of hydrogen-bond donors (Lipinski definition) is 1. The highest BCUT2D eigenvalue weighted by Gasteiger charge is 2.42. The van der Waals surface area contributed by atoms with E-state index in [0.29, 0.717) is 12.0 Å². The van der Waals surface area contributed by atoms with Crippen molar-refractivity contribution in [1.82, 2.24) is 5.32 Å². The molecule has 3 nitrogen and oxygen atoms in total. The highest BCUT2D eigenvalue weighted by atomic mass is 32.2. The molecule has 21 heavy (non-hydrogen) atoms. The molecule has 118 valence electrons. The van der Waals surface area contributed by atoms with Crippen molar-refractivity contribution in [2.24, 2.45) is 5.92 Å². The van der Waals surface area contributed by atoms with Gasteiger partial charge in [0.25, 0.3) is 0 Å². The lowest BCUT2D eigenvalue weighted by Crippen LogP contribution is -2.43. The van der Waals surface area contributed by atoms with Crippen molar-refractivity contribution in [2.45, 2.75) is 51.2 Å². The number of rotatable bonds is 5. The molecule has 1 N–H and O–H groups in total. The summed E-state index contributed by atoms with van der Waals surface area (Å²) in [5, 5.41) is 3.75. The fraction of sp³-hybridized carbons (Fsp3) is 0.765. The molecule has 1 aromatic heterocycles. The minimum Gasteiger partial charge on any atom is -0.469 e. The molecule has 3 atom stereocenters. The fourth-order valence-corrected chi connectivity index (χ4v) is 5.08. The molecule has 2 saturated heterocycles. The smallest absolute Gasteiger partial charge is 0.101 e. The zero-order valence-corrected chi connectivity index (χ0v) is 14.0. The molecule has 4 heteroatoms. The molecule has 0 amide bonds. The fourth-order valence-electron chi connectivity index (χ4n) is 3.70. The van der Waals surface area contributed by atoms with Crippen molar-refractivity contribution in [1.29, 1.82) is 0 Å². The predicted molar refractivity (Wildman–Crippen MR) is 87.8 cm³/mol. The average Bonchev–Trinajstić information content (AvgIpc) is 3.10. The summed E-state index contributed by atoms with van der Waals surface area (Å²) in [6.07, 6.45) is 6.66. The summed E-state index contributed by atoms with van der Waals surface area (Å²) < 4.78 is 11.7. The molecule has 2 aliphatic rings. The summed E-state index contributed by atoms with van der Waals surface area (Å²) in [5.74, 6) is 4.09. The van der Waals surface area contributed by atoms with Gasteiger partial charge >= 0.3 is 0 Å². The molecule has 0 aliphatic carbocycles. The Bertz CT molecular complexity index is 453. The van der Waals surface area contributed by atoms with E-state index in [2.05, 4.69) is 18.3 Å². The molecule has 0 bridgehead atoms. The van der Waals surface area contributed by atoms with Crippen LogP contribution in [-0.4, -0.2) is 30.3 Å². The number of nitrogens with one attached hydrogen (secondary N) is 1. The van der Waals surface area contributed by atoms with Crippen LogP contribution in [0.25, 0.3) is 0 Å². The van der Waals surface area contributed by atoms with E-state index in [4.69, 9.17) is 9.15 Å². The van der Waals surface area contributed by atoms with Crippen molar-refractivity contribution in [3.63, 3.8) is 0 Å². The van der Waals surface area contributed by atoms with Crippen LogP contribution in [0.4, 0.5) is 0 Å². The first-order valence-electron chi connectivity index (χ1n) is 8.22. The normalized spacial score (nSPS) is 30.9. The Morgan fingerprint density at radius 2 is 2.43 bits per heavy atom. The third-order valence-electron chi connectivity index (χ3n) is 4.79. The van der Waals surface area contributed by atoms with E-state index in [0.717, 1.165) is 31.8 Å². The highest BCUT2D eigenvalue weighted by Crippen LogP contribution is 2.44. The standard InChI is InChI=1S/C17H27NO2S/c1-3-6-18-16(15-9-13(2)19-11-15)14-4-7-20-17(10-14)5-8-21-12-17/h9,11,14,16,18H,3-8,10,12H2,1-2H3. The molecule has 3 rings (SSSR count). The first kappa shape index (κ1) is 15.4. The zero-order valence-electron chi connectivity index (χ0n) is 13.2. The van der Waals surface area contributed by atoms with Crippen molar-refractivity contribution in [3.05, 3.63) is 23.7 Å². The average molecular weight is 309 g/mol. The van der Waals surface area contributed by atoms with Crippen LogP contribution in [0.1, 0.15) is 50.0 Å². The van der Waals surface area contributed by atoms with Crippen LogP contribution in [0.15, 0.2) is 16.7 Å². The number of aryl methyl sites for hydroxylation is 1. The third kappa shape index (κ3) is 3.49. The van der Waals surface area contributed by atoms with Crippen molar-refractivity contribution < 1.29 is 9.15 Å². The van der Waals surface area contributed by atoms with Crippen LogP contribution in [0.5, 0.6) is 0 Å². The maximum Gasteiger partial charge on any atom is 0.101 e. The number of furan rings is 1. The Morgan fingerprint density at radius 3 is 3.10 bits per heavy atom. The summed E-state index contributed by atoms with van der Waals surface area (Å²) in [5.41, 5.74) is 1.46. The Kier molecular flexibility index (Phi) is 4.97. The van der Waals surface area contributed by atoms with Gasteiger partial charge in [-0.25, -0.2) is 0 Å². The van der Waals surface area contributed by atoms with Gasteiger partial charge in [-0.15, -0.1) is 0 Å². The van der Waals surface area contributed by atoms with Gasteiger partial charge in [-0.1, -0.05) is 6.92 Å². The minimum absolute atomic E-state index is 0.151. The Hall–Kier alpha value is -0.450. The number of ether oxygens (including phenoxy) is 1. The molecule has 3 heterocycles. The van der Waals surface area contributed by atoms with Crippen molar-refractivity contribution in [2.75, 3.05) is 24.7 Å². The molecule has 0 aromatic carbocycles. The lowest BCUT2D eigenvalue weighted by molar-refractivity contribution is -0.0854. The first-order valence-corrected chi connectivity index (χ1v) is 9.38. The summed E-state index contributed by atoms with van der Waals surface area (Å²) in [7, 11) is 0. The van der Waals surface area contributed by atoms with E-state index >= 15 is 0 Å². The maximum absolute atomic E-state index is 6.18. The highest BCUT2D eigenvalue weighted by molar-refractivity contribution is 7.99. The van der Waals surface area contributed by atoms with Crippen LogP contribution in [-0.2, 0) is 4.74 Å². The molecule has 2 fully saturated rings. The quantitative estimate of drug-likeness (QED) is 0.893. The molecular formula is C17H27NO2S. The van der Waals surface area contributed by atoms with E-state index in [-0.39, 0.29) is 5.60 Å². The molecule has 3 unspecified atom stereocenters. The van der Waals surface area contributed by atoms with E-state index in [1.54, 1.807) is 0 Å².